The summed E-state index contributed by atoms with van der Waals surface area (Å²) in [4.78, 5) is 28.3. The number of carbonyl (C=O) groups excluding carboxylic acids is 2. The van der Waals surface area contributed by atoms with Crippen molar-refractivity contribution in [1.29, 1.82) is 0 Å². The maximum absolute atomic E-state index is 12.9. The average molecular weight is 369 g/mol. The number of hydrogen-bond acceptors (Lipinski definition) is 3. The van der Waals surface area contributed by atoms with Crippen molar-refractivity contribution >= 4 is 27.0 Å². The van der Waals surface area contributed by atoms with Crippen LogP contribution in [-0.2, 0) is 9.59 Å². The molecule has 2 aliphatic rings. The molecule has 0 bridgehead atoms. The van der Waals surface area contributed by atoms with Crippen molar-refractivity contribution in [1.82, 2.24) is 0 Å². The zero-order valence-corrected chi connectivity index (χ0v) is 14.7. The highest BCUT2D eigenvalue weighted by atomic mass is 31.0. The normalized spacial score (nSPS) is 23.5. The van der Waals surface area contributed by atoms with Crippen LogP contribution in [-0.4, -0.2) is 30.0 Å². The Balaban J connectivity index is 1.92. The van der Waals surface area contributed by atoms with Gasteiger partial charge < -0.3 is 0 Å². The second-order valence-corrected chi connectivity index (χ2v) is 6.68. The van der Waals surface area contributed by atoms with Gasteiger partial charge in [-0.05, 0) is 24.2 Å². The summed E-state index contributed by atoms with van der Waals surface area (Å²) in [5.74, 6) is -2.33. The number of halogens is 3. The van der Waals surface area contributed by atoms with Crippen molar-refractivity contribution in [3.63, 3.8) is 0 Å². The zero-order valence-electron chi connectivity index (χ0n) is 13.5. The van der Waals surface area contributed by atoms with Crippen LogP contribution in [0.2, 0.25) is 0 Å². The van der Waals surface area contributed by atoms with E-state index in [0.717, 1.165) is 11.4 Å². The number of hydrogen-bond donors (Lipinski definition) is 0. The van der Waals surface area contributed by atoms with E-state index in [4.69, 9.17) is 0 Å². The summed E-state index contributed by atoms with van der Waals surface area (Å²) in [7, 11) is 2.57. The molecule has 2 rings (SSSR count). The summed E-state index contributed by atoms with van der Waals surface area (Å²) in [6.45, 7) is 0. The summed E-state index contributed by atoms with van der Waals surface area (Å²) in [5.41, 5.74) is 0.515. The van der Waals surface area contributed by atoms with Gasteiger partial charge in [0.25, 0.3) is 0 Å². The summed E-state index contributed by atoms with van der Waals surface area (Å²) in [6.07, 6.45) is 6.20. The standard InChI is InChI=1S/C18H19F3NO2P/c19-18(20,21)13-4-2-10-22-15(11-13)17(24)9-8-16(23)12-3-1-5-14(25)7-6-12/h1-6,10,13,15H,7-9,11,25H2. The molecule has 3 atom stereocenters. The summed E-state index contributed by atoms with van der Waals surface area (Å²) in [6, 6.07) is -1.06. The van der Waals surface area contributed by atoms with Crippen LogP contribution in [0, 0.1) is 5.92 Å². The number of rotatable bonds is 5. The van der Waals surface area contributed by atoms with Crippen molar-refractivity contribution in [2.75, 3.05) is 0 Å². The average Bonchev–Trinajstić information content (AvgIpc) is 2.92. The Bertz CT molecular complexity index is 687. The van der Waals surface area contributed by atoms with E-state index in [1.165, 1.54) is 12.3 Å². The molecule has 3 nitrogen and oxygen atoms in total. The van der Waals surface area contributed by atoms with E-state index in [9.17, 15) is 22.8 Å². The predicted molar refractivity (Wildman–Crippen MR) is 94.5 cm³/mol. The van der Waals surface area contributed by atoms with Crippen LogP contribution in [0.5, 0.6) is 0 Å². The first kappa shape index (κ1) is 19.5. The fourth-order valence-corrected chi connectivity index (χ4v) is 2.80. The van der Waals surface area contributed by atoms with Crippen molar-refractivity contribution in [2.45, 2.75) is 37.9 Å². The van der Waals surface area contributed by atoms with Gasteiger partial charge in [0.15, 0.2) is 11.6 Å². The Morgan fingerprint density at radius 1 is 1.24 bits per heavy atom. The van der Waals surface area contributed by atoms with E-state index >= 15 is 0 Å². The van der Waals surface area contributed by atoms with Gasteiger partial charge in [-0.2, -0.15) is 13.2 Å². The molecule has 1 aliphatic carbocycles. The van der Waals surface area contributed by atoms with Crippen LogP contribution in [0.1, 0.15) is 25.7 Å². The van der Waals surface area contributed by atoms with Crippen LogP contribution in [0.4, 0.5) is 13.2 Å². The molecular formula is C18H19F3NO2P. The van der Waals surface area contributed by atoms with Crippen molar-refractivity contribution < 1.29 is 22.8 Å². The third-order valence-electron chi connectivity index (χ3n) is 4.03. The first-order chi connectivity index (χ1) is 11.8. The van der Waals surface area contributed by atoms with Crippen LogP contribution in [0.3, 0.4) is 0 Å². The van der Waals surface area contributed by atoms with E-state index in [2.05, 4.69) is 14.2 Å². The minimum absolute atomic E-state index is 0.0304. The molecule has 1 heterocycles. The lowest BCUT2D eigenvalue weighted by Gasteiger charge is -2.19. The molecule has 7 heteroatoms. The van der Waals surface area contributed by atoms with Gasteiger partial charge in [-0.1, -0.05) is 30.4 Å². The molecule has 0 aromatic rings. The van der Waals surface area contributed by atoms with Gasteiger partial charge in [0.05, 0.1) is 5.92 Å². The van der Waals surface area contributed by atoms with Crippen molar-refractivity contribution in [3.05, 3.63) is 47.3 Å². The second kappa shape index (κ2) is 8.52. The van der Waals surface area contributed by atoms with E-state index in [1.54, 1.807) is 18.2 Å². The topological polar surface area (TPSA) is 46.5 Å². The van der Waals surface area contributed by atoms with Crippen LogP contribution in [0.15, 0.2) is 52.3 Å². The minimum Gasteiger partial charge on any atom is -0.297 e. The molecule has 0 saturated carbocycles. The molecule has 25 heavy (non-hydrogen) atoms. The van der Waals surface area contributed by atoms with Gasteiger partial charge >= 0.3 is 6.18 Å². The van der Waals surface area contributed by atoms with Gasteiger partial charge in [-0.15, -0.1) is 9.24 Å². The number of ketones is 2. The predicted octanol–water partition coefficient (Wildman–Crippen LogP) is 4.13. The van der Waals surface area contributed by atoms with E-state index in [-0.39, 0.29) is 18.6 Å². The third-order valence-corrected chi connectivity index (χ3v) is 4.46. The fraction of sp³-hybridized carbons (Fsp3) is 0.389. The van der Waals surface area contributed by atoms with Gasteiger partial charge in [-0.3, -0.25) is 14.6 Å². The molecule has 3 unspecified atom stereocenters. The highest BCUT2D eigenvalue weighted by Crippen LogP contribution is 2.32. The van der Waals surface area contributed by atoms with Gasteiger partial charge in [0, 0.05) is 24.6 Å². The molecular weight excluding hydrogens is 350 g/mol. The maximum Gasteiger partial charge on any atom is 0.395 e. The fourth-order valence-electron chi connectivity index (χ4n) is 2.57. The van der Waals surface area contributed by atoms with Crippen molar-refractivity contribution in [3.8, 4) is 0 Å². The minimum atomic E-state index is -4.41. The second-order valence-electron chi connectivity index (χ2n) is 5.94. The van der Waals surface area contributed by atoms with E-state index < -0.39 is 30.3 Å². The Morgan fingerprint density at radius 3 is 2.72 bits per heavy atom. The molecule has 0 fully saturated rings. The Hall–Kier alpha value is -1.81. The monoisotopic (exact) mass is 369 g/mol. The SMILES string of the molecule is O=C(CCC(=O)C1CC(C(F)(F)F)C=CC=N1)C1=CCC(P)=CC=C1. The Kier molecular flexibility index (Phi) is 6.65. The molecule has 0 N–H and O–H groups in total. The summed E-state index contributed by atoms with van der Waals surface area (Å²) < 4.78 is 38.7. The number of Topliss-reactive ketones (excluding diaryl/α,β-unsaturated/α-hetero) is 2. The lowest BCUT2D eigenvalue weighted by Crippen LogP contribution is -2.28. The quantitative estimate of drug-likeness (QED) is 0.684. The summed E-state index contributed by atoms with van der Waals surface area (Å²) >= 11 is 0. The molecule has 0 spiro atoms. The lowest BCUT2D eigenvalue weighted by molar-refractivity contribution is -0.163. The number of nitrogens with zero attached hydrogens (tertiary/aromatic N) is 1. The van der Waals surface area contributed by atoms with Gasteiger partial charge in [-0.25, -0.2) is 0 Å². The maximum atomic E-state index is 12.9. The number of alkyl halides is 3. The van der Waals surface area contributed by atoms with Gasteiger partial charge in [0.1, 0.15) is 6.04 Å². The van der Waals surface area contributed by atoms with E-state index in [1.807, 2.05) is 6.08 Å². The molecule has 0 saturated heterocycles. The Labute approximate surface area is 146 Å². The van der Waals surface area contributed by atoms with Crippen molar-refractivity contribution in [2.24, 2.45) is 10.9 Å². The molecule has 134 valence electrons. The molecule has 1 aliphatic heterocycles. The molecule has 0 aromatic carbocycles. The molecule has 0 amide bonds. The van der Waals surface area contributed by atoms with Crippen LogP contribution in [0.25, 0.3) is 0 Å². The van der Waals surface area contributed by atoms with Gasteiger partial charge in [0.2, 0.25) is 0 Å². The summed E-state index contributed by atoms with van der Waals surface area (Å²) in [5, 5.41) is 1.04. The number of aliphatic imine (C=N–C) groups is 1. The highest BCUT2D eigenvalue weighted by Gasteiger charge is 2.40. The van der Waals surface area contributed by atoms with E-state index in [0.29, 0.717) is 12.0 Å². The molecule has 0 radical (unpaired) electrons. The largest absolute Gasteiger partial charge is 0.395 e. The zero-order chi connectivity index (χ0) is 18.4. The lowest BCUT2D eigenvalue weighted by atomic mass is 9.94. The number of carbonyl (C=O) groups is 2. The third kappa shape index (κ3) is 5.89. The van der Waals surface area contributed by atoms with Crippen LogP contribution >= 0.6 is 9.24 Å². The highest BCUT2D eigenvalue weighted by molar-refractivity contribution is 7.22. The molecule has 0 aromatic heterocycles. The first-order valence-electron chi connectivity index (χ1n) is 7.93. The van der Waals surface area contributed by atoms with Crippen LogP contribution < -0.4 is 0 Å². The first-order valence-corrected chi connectivity index (χ1v) is 8.50. The smallest absolute Gasteiger partial charge is 0.297 e. The Morgan fingerprint density at radius 2 is 2.00 bits per heavy atom. The number of allylic oxidation sites excluding steroid dienone is 8.